The summed E-state index contributed by atoms with van der Waals surface area (Å²) in [7, 11) is 2.20. The molecule has 5 aromatic rings. The number of hydrogen-bond acceptors (Lipinski definition) is 5. The second kappa shape index (κ2) is 17.7. The minimum Gasteiger partial charge on any atom is -0.459 e. The Morgan fingerprint density at radius 3 is 2.15 bits per heavy atom. The van der Waals surface area contributed by atoms with E-state index in [1.165, 1.54) is 34.5 Å². The van der Waals surface area contributed by atoms with Crippen molar-refractivity contribution in [2.24, 2.45) is 0 Å². The molecule has 0 amide bonds. The van der Waals surface area contributed by atoms with Crippen molar-refractivity contribution in [2.45, 2.75) is 61.1 Å². The van der Waals surface area contributed by atoms with E-state index >= 15 is 0 Å². The summed E-state index contributed by atoms with van der Waals surface area (Å²) in [5, 5.41) is 0.719. The molecule has 0 unspecified atom stereocenters. The number of rotatable bonds is 8. The molecule has 1 aliphatic rings. The third kappa shape index (κ3) is 9.50. The first kappa shape index (κ1) is 35.8. The smallest absolute Gasteiger partial charge is 0.134 e. The van der Waals surface area contributed by atoms with Crippen LogP contribution in [0.3, 0.4) is 0 Å². The Morgan fingerprint density at radius 2 is 1.49 bits per heavy atom. The van der Waals surface area contributed by atoms with Crippen molar-refractivity contribution in [1.29, 1.82) is 0 Å². The number of aromatic nitrogens is 1. The average Bonchev–Trinajstić information content (AvgIpc) is 3.46. The summed E-state index contributed by atoms with van der Waals surface area (Å²) in [6.45, 7) is 18.3. The van der Waals surface area contributed by atoms with Gasteiger partial charge in [0.05, 0.1) is 6.54 Å². The van der Waals surface area contributed by atoms with Crippen molar-refractivity contribution in [3.63, 3.8) is 0 Å². The van der Waals surface area contributed by atoms with E-state index in [4.69, 9.17) is 16.0 Å². The number of pyridine rings is 1. The summed E-state index contributed by atoms with van der Waals surface area (Å²) in [4.78, 5) is 11.7. The Morgan fingerprint density at radius 1 is 0.787 bits per heavy atom. The van der Waals surface area contributed by atoms with E-state index in [-0.39, 0.29) is 0 Å². The SMILES string of the molecule is CC.CCC.Cc1cc(N2CCN(C)CC2)ccc1N(Cc1ccccc1-c1cccnc1)Cc1oc(-c2ccc(Cl)cc2)cc1C. The van der Waals surface area contributed by atoms with Gasteiger partial charge in [0.2, 0.25) is 0 Å². The molecule has 3 aromatic carbocycles. The molecule has 248 valence electrons. The zero-order valence-corrected chi connectivity index (χ0v) is 30.0. The van der Waals surface area contributed by atoms with Crippen LogP contribution < -0.4 is 9.80 Å². The van der Waals surface area contributed by atoms with Crippen LogP contribution in [0.1, 0.15) is 56.6 Å². The third-order valence-electron chi connectivity index (χ3n) is 8.22. The van der Waals surface area contributed by atoms with Crippen molar-refractivity contribution >= 4 is 23.0 Å². The molecule has 1 aliphatic heterocycles. The molecule has 0 N–H and O–H groups in total. The van der Waals surface area contributed by atoms with Gasteiger partial charge >= 0.3 is 0 Å². The van der Waals surface area contributed by atoms with E-state index in [1.54, 1.807) is 0 Å². The maximum absolute atomic E-state index is 6.51. The Labute approximate surface area is 287 Å². The van der Waals surface area contributed by atoms with Gasteiger partial charge in [0, 0.05) is 72.6 Å². The number of piperazine rings is 1. The minimum absolute atomic E-state index is 0.648. The average molecular weight is 651 g/mol. The van der Waals surface area contributed by atoms with Crippen LogP contribution in [-0.2, 0) is 13.1 Å². The number of benzene rings is 3. The normalized spacial score (nSPS) is 12.9. The lowest BCUT2D eigenvalue weighted by Crippen LogP contribution is -2.44. The molecule has 3 heterocycles. The van der Waals surface area contributed by atoms with Gasteiger partial charge in [-0.25, -0.2) is 0 Å². The van der Waals surface area contributed by atoms with E-state index in [1.807, 2.05) is 56.6 Å². The van der Waals surface area contributed by atoms with E-state index < -0.39 is 0 Å². The first-order chi connectivity index (χ1) is 22.9. The molecule has 1 fully saturated rings. The van der Waals surface area contributed by atoms with Gasteiger partial charge in [0.15, 0.2) is 0 Å². The van der Waals surface area contributed by atoms with E-state index in [0.29, 0.717) is 6.54 Å². The van der Waals surface area contributed by atoms with Crippen LogP contribution in [0.5, 0.6) is 0 Å². The summed E-state index contributed by atoms with van der Waals surface area (Å²) in [6, 6.07) is 29.6. The summed E-state index contributed by atoms with van der Waals surface area (Å²) in [5.74, 6) is 1.82. The lowest BCUT2D eigenvalue weighted by atomic mass is 10.00. The highest BCUT2D eigenvalue weighted by Gasteiger charge is 2.20. The summed E-state index contributed by atoms with van der Waals surface area (Å²) >= 11 is 6.14. The van der Waals surface area contributed by atoms with Gasteiger partial charge in [-0.15, -0.1) is 0 Å². The van der Waals surface area contributed by atoms with Gasteiger partial charge in [-0.05, 0) is 97.7 Å². The van der Waals surface area contributed by atoms with Gasteiger partial charge in [-0.1, -0.05) is 76.0 Å². The van der Waals surface area contributed by atoms with Gasteiger partial charge < -0.3 is 19.1 Å². The fraction of sp³-hybridized carbons (Fsp3) is 0.341. The number of anilines is 2. The van der Waals surface area contributed by atoms with Crippen LogP contribution in [0, 0.1) is 13.8 Å². The molecule has 0 atom stereocenters. The summed E-state index contributed by atoms with van der Waals surface area (Å²) in [6.07, 6.45) is 5.01. The van der Waals surface area contributed by atoms with Crippen molar-refractivity contribution in [2.75, 3.05) is 43.0 Å². The second-order valence-corrected chi connectivity index (χ2v) is 12.4. The van der Waals surface area contributed by atoms with Gasteiger partial charge in [0.25, 0.3) is 0 Å². The Bertz CT molecular complexity index is 1660. The summed E-state index contributed by atoms with van der Waals surface area (Å²) in [5.41, 5.74) is 9.47. The zero-order valence-electron chi connectivity index (χ0n) is 29.3. The number of aryl methyl sites for hydroxylation is 2. The molecule has 0 saturated carbocycles. The molecule has 0 spiro atoms. The fourth-order valence-electron chi connectivity index (χ4n) is 5.76. The molecule has 1 saturated heterocycles. The fourth-order valence-corrected chi connectivity index (χ4v) is 5.88. The van der Waals surface area contributed by atoms with E-state index in [2.05, 4.69) is 109 Å². The number of halogens is 1. The first-order valence-corrected chi connectivity index (χ1v) is 17.4. The highest BCUT2D eigenvalue weighted by molar-refractivity contribution is 6.30. The largest absolute Gasteiger partial charge is 0.459 e. The van der Waals surface area contributed by atoms with Gasteiger partial charge in [0.1, 0.15) is 11.5 Å². The molecule has 6 heteroatoms. The van der Waals surface area contributed by atoms with Crippen molar-refractivity contribution < 1.29 is 4.42 Å². The van der Waals surface area contributed by atoms with Crippen LogP contribution >= 0.6 is 11.6 Å². The lowest BCUT2D eigenvalue weighted by Gasteiger charge is -2.35. The zero-order chi connectivity index (χ0) is 33.8. The standard InChI is InChI=1S/C36H37ClN4O.C3H8.C2H6/c1-26-21-32(40-19-17-39(3)18-20-40)14-15-34(26)41(24-30-7-4-5-9-33(30)29-8-6-16-38-23-29)25-36-27(2)22-35(42-36)28-10-12-31(37)13-11-28;1-3-2;1-2/h4-16,21-23H,17-20,24-25H2,1-3H3;3H2,1-2H3;1-2H3. The maximum Gasteiger partial charge on any atom is 0.134 e. The highest BCUT2D eigenvalue weighted by atomic mass is 35.5. The molecule has 2 aromatic heterocycles. The monoisotopic (exact) mass is 650 g/mol. The molecule has 47 heavy (non-hydrogen) atoms. The van der Waals surface area contributed by atoms with Crippen LogP contribution in [-0.4, -0.2) is 43.1 Å². The van der Waals surface area contributed by atoms with Crippen molar-refractivity contribution in [3.05, 3.63) is 125 Å². The highest BCUT2D eigenvalue weighted by Crippen LogP contribution is 2.33. The Kier molecular flexibility index (Phi) is 13.5. The topological polar surface area (TPSA) is 35.8 Å². The number of furan rings is 1. The Hall–Kier alpha value is -4.06. The second-order valence-electron chi connectivity index (χ2n) is 11.9. The molecule has 6 rings (SSSR count). The molecular weight excluding hydrogens is 600 g/mol. The molecular formula is C41H51ClN4O. The number of hydrogen-bond donors (Lipinski definition) is 0. The molecule has 5 nitrogen and oxygen atoms in total. The van der Waals surface area contributed by atoms with Crippen LogP contribution in [0.25, 0.3) is 22.5 Å². The Balaban J connectivity index is 0.000000947. The first-order valence-electron chi connectivity index (χ1n) is 17.0. The minimum atomic E-state index is 0.648. The van der Waals surface area contributed by atoms with Crippen LogP contribution in [0.15, 0.2) is 102 Å². The quantitative estimate of drug-likeness (QED) is 0.167. The molecule has 0 radical (unpaired) electrons. The summed E-state index contributed by atoms with van der Waals surface area (Å²) < 4.78 is 6.51. The molecule has 0 aliphatic carbocycles. The predicted octanol–water partition coefficient (Wildman–Crippen LogP) is 10.7. The van der Waals surface area contributed by atoms with E-state index in [0.717, 1.165) is 66.0 Å². The van der Waals surface area contributed by atoms with Crippen molar-refractivity contribution in [3.8, 4) is 22.5 Å². The van der Waals surface area contributed by atoms with Crippen LogP contribution in [0.2, 0.25) is 5.02 Å². The number of likely N-dealkylation sites (N-methyl/N-ethyl adjacent to an activating group) is 1. The van der Waals surface area contributed by atoms with Gasteiger partial charge in [-0.2, -0.15) is 0 Å². The lowest BCUT2D eigenvalue weighted by molar-refractivity contribution is 0.313. The number of nitrogens with zero attached hydrogens (tertiary/aromatic N) is 4. The van der Waals surface area contributed by atoms with E-state index in [9.17, 15) is 0 Å². The van der Waals surface area contributed by atoms with Crippen molar-refractivity contribution in [1.82, 2.24) is 9.88 Å². The predicted molar refractivity (Wildman–Crippen MR) is 202 cm³/mol. The van der Waals surface area contributed by atoms with Gasteiger partial charge in [-0.3, -0.25) is 4.98 Å². The molecule has 0 bridgehead atoms. The van der Waals surface area contributed by atoms with Crippen LogP contribution in [0.4, 0.5) is 11.4 Å². The maximum atomic E-state index is 6.51. The third-order valence-corrected chi connectivity index (χ3v) is 8.48.